The SMILES string of the molecule is CN1CCC2(CC1)c1cscc1CN2C. The Hall–Kier alpha value is -0.380. The van der Waals surface area contributed by atoms with Crippen LogP contribution in [0.4, 0.5) is 0 Å². The largest absolute Gasteiger partial charge is 0.306 e. The van der Waals surface area contributed by atoms with Crippen molar-refractivity contribution in [2.75, 3.05) is 27.2 Å². The van der Waals surface area contributed by atoms with Gasteiger partial charge in [-0.25, -0.2) is 0 Å². The lowest BCUT2D eigenvalue weighted by Crippen LogP contribution is -2.47. The van der Waals surface area contributed by atoms with E-state index in [4.69, 9.17) is 0 Å². The Bertz CT molecular complexity index is 363. The third-order valence-electron chi connectivity index (χ3n) is 4.20. The molecule has 2 nitrogen and oxygen atoms in total. The van der Waals surface area contributed by atoms with Crippen molar-refractivity contribution in [3.8, 4) is 0 Å². The Kier molecular flexibility index (Phi) is 2.16. The Balaban J connectivity index is 1.97. The van der Waals surface area contributed by atoms with Crippen LogP contribution in [0.15, 0.2) is 10.8 Å². The van der Waals surface area contributed by atoms with Crippen molar-refractivity contribution in [3.63, 3.8) is 0 Å². The van der Waals surface area contributed by atoms with Crippen LogP contribution in [0.3, 0.4) is 0 Å². The van der Waals surface area contributed by atoms with Gasteiger partial charge in [0.15, 0.2) is 0 Å². The molecule has 0 unspecified atom stereocenters. The van der Waals surface area contributed by atoms with Gasteiger partial charge in [-0.2, -0.15) is 11.3 Å². The molecule has 0 aliphatic carbocycles. The predicted octanol–water partition coefficient (Wildman–Crippen LogP) is 2.11. The monoisotopic (exact) mass is 222 g/mol. The summed E-state index contributed by atoms with van der Waals surface area (Å²) in [7, 11) is 4.52. The zero-order valence-electron chi connectivity index (χ0n) is 9.49. The Labute approximate surface area is 95.5 Å². The number of fused-ring (bicyclic) bond motifs is 2. The summed E-state index contributed by atoms with van der Waals surface area (Å²) < 4.78 is 0. The van der Waals surface area contributed by atoms with E-state index in [1.165, 1.54) is 25.9 Å². The molecule has 1 saturated heterocycles. The molecule has 2 aliphatic heterocycles. The van der Waals surface area contributed by atoms with Gasteiger partial charge in [0.1, 0.15) is 0 Å². The summed E-state index contributed by atoms with van der Waals surface area (Å²) in [5.74, 6) is 0. The van der Waals surface area contributed by atoms with Gasteiger partial charge in [0, 0.05) is 12.1 Å². The van der Waals surface area contributed by atoms with Crippen LogP contribution in [-0.2, 0) is 12.1 Å². The molecule has 0 amide bonds. The maximum absolute atomic E-state index is 2.57. The fraction of sp³-hybridized carbons (Fsp3) is 0.667. The third-order valence-corrected chi connectivity index (χ3v) is 4.99. The van der Waals surface area contributed by atoms with Crippen molar-refractivity contribution >= 4 is 11.3 Å². The quantitative estimate of drug-likeness (QED) is 0.663. The molecule has 82 valence electrons. The van der Waals surface area contributed by atoms with Gasteiger partial charge in [0.05, 0.1) is 0 Å². The van der Waals surface area contributed by atoms with E-state index in [9.17, 15) is 0 Å². The van der Waals surface area contributed by atoms with Crippen LogP contribution in [0.1, 0.15) is 24.0 Å². The Morgan fingerprint density at radius 2 is 1.93 bits per heavy atom. The molecular formula is C12H18N2S. The minimum atomic E-state index is 0.377. The zero-order valence-corrected chi connectivity index (χ0v) is 10.3. The Morgan fingerprint density at radius 3 is 2.67 bits per heavy atom. The number of nitrogens with zero attached hydrogens (tertiary/aromatic N) is 2. The molecule has 15 heavy (non-hydrogen) atoms. The van der Waals surface area contributed by atoms with Crippen LogP contribution in [0, 0.1) is 0 Å². The van der Waals surface area contributed by atoms with Crippen LogP contribution >= 0.6 is 11.3 Å². The van der Waals surface area contributed by atoms with Crippen LogP contribution in [-0.4, -0.2) is 37.0 Å². The fourth-order valence-corrected chi connectivity index (χ4v) is 4.05. The second-order valence-electron chi connectivity index (χ2n) is 5.00. The Morgan fingerprint density at radius 1 is 1.20 bits per heavy atom. The highest BCUT2D eigenvalue weighted by molar-refractivity contribution is 7.08. The van der Waals surface area contributed by atoms with Crippen molar-refractivity contribution in [2.24, 2.45) is 0 Å². The molecular weight excluding hydrogens is 204 g/mol. The maximum Gasteiger partial charge on any atom is 0.0496 e. The van der Waals surface area contributed by atoms with Crippen LogP contribution in [0.2, 0.25) is 0 Å². The van der Waals surface area contributed by atoms with Crippen molar-refractivity contribution in [1.82, 2.24) is 9.80 Å². The molecule has 3 rings (SSSR count). The number of thiophene rings is 1. The first kappa shape index (κ1) is 9.82. The van der Waals surface area contributed by atoms with Crippen molar-refractivity contribution in [2.45, 2.75) is 24.9 Å². The molecule has 0 bridgehead atoms. The molecule has 0 saturated carbocycles. The molecule has 0 atom stereocenters. The summed E-state index contributed by atoms with van der Waals surface area (Å²) in [5.41, 5.74) is 3.58. The summed E-state index contributed by atoms with van der Waals surface area (Å²) in [6, 6.07) is 0. The first-order valence-corrected chi connectivity index (χ1v) is 6.62. The number of piperidine rings is 1. The van der Waals surface area contributed by atoms with Crippen LogP contribution < -0.4 is 0 Å². The van der Waals surface area contributed by atoms with Crippen LogP contribution in [0.25, 0.3) is 0 Å². The molecule has 1 aromatic heterocycles. The molecule has 1 aromatic rings. The average Bonchev–Trinajstić information content (AvgIpc) is 2.75. The van der Waals surface area contributed by atoms with E-state index >= 15 is 0 Å². The second kappa shape index (κ2) is 3.30. The number of hydrogen-bond donors (Lipinski definition) is 0. The highest BCUT2D eigenvalue weighted by Crippen LogP contribution is 2.46. The highest BCUT2D eigenvalue weighted by atomic mass is 32.1. The lowest BCUT2D eigenvalue weighted by Gasteiger charge is -2.43. The van der Waals surface area contributed by atoms with E-state index in [1.807, 2.05) is 11.3 Å². The normalized spacial score (nSPS) is 26.0. The first-order valence-electron chi connectivity index (χ1n) is 5.68. The van der Waals surface area contributed by atoms with Gasteiger partial charge in [-0.1, -0.05) is 0 Å². The van der Waals surface area contributed by atoms with Crippen molar-refractivity contribution in [1.29, 1.82) is 0 Å². The first-order chi connectivity index (χ1) is 7.22. The van der Waals surface area contributed by atoms with E-state index in [2.05, 4.69) is 34.7 Å². The maximum atomic E-state index is 2.57. The van der Waals surface area contributed by atoms with Gasteiger partial charge in [-0.3, -0.25) is 4.90 Å². The van der Waals surface area contributed by atoms with Gasteiger partial charge in [0.25, 0.3) is 0 Å². The molecule has 3 heterocycles. The van der Waals surface area contributed by atoms with E-state index in [0.29, 0.717) is 5.54 Å². The third kappa shape index (κ3) is 1.30. The number of hydrogen-bond acceptors (Lipinski definition) is 3. The molecule has 0 radical (unpaired) electrons. The summed E-state index contributed by atoms with van der Waals surface area (Å²) >= 11 is 1.87. The molecule has 1 spiro atoms. The van der Waals surface area contributed by atoms with Gasteiger partial charge < -0.3 is 4.90 Å². The average molecular weight is 222 g/mol. The molecule has 2 aliphatic rings. The van der Waals surface area contributed by atoms with Crippen LogP contribution in [0.5, 0.6) is 0 Å². The molecule has 0 N–H and O–H groups in total. The van der Waals surface area contributed by atoms with E-state index in [1.54, 1.807) is 11.1 Å². The van der Waals surface area contributed by atoms with E-state index in [-0.39, 0.29) is 0 Å². The lowest BCUT2D eigenvalue weighted by molar-refractivity contribution is 0.0578. The smallest absolute Gasteiger partial charge is 0.0496 e. The highest BCUT2D eigenvalue weighted by Gasteiger charge is 2.44. The zero-order chi connectivity index (χ0) is 10.5. The molecule has 1 fully saturated rings. The summed E-state index contributed by atoms with van der Waals surface area (Å²) in [4.78, 5) is 5.01. The van der Waals surface area contributed by atoms with E-state index < -0.39 is 0 Å². The standard InChI is InChI=1S/C12H18N2S/c1-13-5-3-12(4-6-13)11-9-15-8-10(11)7-14(12)2/h8-9H,3-7H2,1-2H3. The fourth-order valence-electron chi connectivity index (χ4n) is 3.11. The molecule has 0 aromatic carbocycles. The topological polar surface area (TPSA) is 6.48 Å². The summed E-state index contributed by atoms with van der Waals surface area (Å²) in [6.07, 6.45) is 2.59. The number of likely N-dealkylation sites (tertiary alicyclic amines) is 1. The van der Waals surface area contributed by atoms with Crippen molar-refractivity contribution < 1.29 is 0 Å². The lowest BCUT2D eigenvalue weighted by atomic mass is 9.82. The van der Waals surface area contributed by atoms with Gasteiger partial charge in [0.2, 0.25) is 0 Å². The predicted molar refractivity (Wildman–Crippen MR) is 64.2 cm³/mol. The van der Waals surface area contributed by atoms with Gasteiger partial charge >= 0.3 is 0 Å². The summed E-state index contributed by atoms with van der Waals surface area (Å²) in [6.45, 7) is 3.63. The minimum Gasteiger partial charge on any atom is -0.306 e. The van der Waals surface area contributed by atoms with Gasteiger partial charge in [-0.05, 0) is 61.9 Å². The summed E-state index contributed by atoms with van der Waals surface area (Å²) in [5, 5.41) is 4.71. The van der Waals surface area contributed by atoms with E-state index in [0.717, 1.165) is 6.54 Å². The second-order valence-corrected chi connectivity index (χ2v) is 5.75. The van der Waals surface area contributed by atoms with Crippen molar-refractivity contribution in [3.05, 3.63) is 21.9 Å². The minimum absolute atomic E-state index is 0.377. The number of rotatable bonds is 0. The molecule has 3 heteroatoms. The van der Waals surface area contributed by atoms with Gasteiger partial charge in [-0.15, -0.1) is 0 Å².